The van der Waals surface area contributed by atoms with Crippen molar-refractivity contribution >= 4 is 15.8 Å². The number of hydrogen-bond donors (Lipinski definition) is 0. The Morgan fingerprint density at radius 2 is 0.559 bits per heavy atom. The zero-order chi connectivity index (χ0) is 23.9. The van der Waals surface area contributed by atoms with Gasteiger partial charge in [0.05, 0.1) is 0 Å². The Bertz CT molecular complexity index is 465. The Balaban J connectivity index is 1.49. The van der Waals surface area contributed by atoms with Gasteiger partial charge in [-0.3, -0.25) is 0 Å². The minimum absolute atomic E-state index is 0.204. The van der Waals surface area contributed by atoms with Gasteiger partial charge >= 0.3 is 0 Å². The Hall–Kier alpha value is 0.860. The summed E-state index contributed by atoms with van der Waals surface area (Å²) in [5.74, 6) is 1.87. The predicted molar refractivity (Wildman–Crippen MR) is 159 cm³/mol. The van der Waals surface area contributed by atoms with Gasteiger partial charge in [0.1, 0.15) is 0 Å². The fraction of sp³-hybridized carbons (Fsp3) is 1.00. The Morgan fingerprint density at radius 3 is 0.765 bits per heavy atom. The van der Waals surface area contributed by atoms with E-state index in [0.29, 0.717) is 0 Å². The van der Waals surface area contributed by atoms with E-state index >= 15 is 0 Å². The van der Waals surface area contributed by atoms with Crippen LogP contribution in [0.3, 0.4) is 0 Å². The van der Waals surface area contributed by atoms with Crippen molar-refractivity contribution in [3.05, 3.63) is 0 Å². The van der Waals surface area contributed by atoms with Crippen LogP contribution in [0.4, 0.5) is 0 Å². The van der Waals surface area contributed by atoms with Crippen molar-refractivity contribution in [3.63, 3.8) is 0 Å². The normalized spacial score (nSPS) is 28.8. The maximum absolute atomic E-state index is 2.77. The molecule has 0 heterocycles. The maximum Gasteiger partial charge on any atom is -0.0204 e. The summed E-state index contributed by atoms with van der Waals surface area (Å²) in [5.41, 5.74) is 6.45. The molecule has 4 aliphatic carbocycles. The molecule has 4 rings (SSSR count). The van der Waals surface area contributed by atoms with Crippen LogP contribution < -0.4 is 0 Å². The van der Waals surface area contributed by atoms with Gasteiger partial charge in [-0.15, -0.1) is 0 Å². The van der Waals surface area contributed by atoms with Gasteiger partial charge < -0.3 is 0 Å². The molecule has 0 amide bonds. The maximum atomic E-state index is 2.77. The van der Waals surface area contributed by atoms with Crippen LogP contribution in [-0.4, -0.2) is 34.0 Å². The lowest BCUT2D eigenvalue weighted by molar-refractivity contribution is 0.365. The van der Waals surface area contributed by atoms with Gasteiger partial charge in [0, 0.05) is 0 Å². The summed E-state index contributed by atoms with van der Waals surface area (Å²) < 4.78 is 0. The molecule has 0 nitrogen and oxygen atoms in total. The van der Waals surface area contributed by atoms with Crippen molar-refractivity contribution in [2.24, 2.45) is 11.8 Å². The molecule has 4 aliphatic rings. The molecule has 4 saturated carbocycles. The van der Waals surface area contributed by atoms with E-state index in [9.17, 15) is 0 Å². The average molecular weight is 507 g/mol. The highest BCUT2D eigenvalue weighted by atomic mass is 31.1. The summed E-state index contributed by atoms with van der Waals surface area (Å²) in [6, 6.07) is 0. The summed E-state index contributed by atoms with van der Waals surface area (Å²) in [7, 11) is 0.408. The van der Waals surface area contributed by atoms with Crippen LogP contribution in [0.1, 0.15) is 156 Å². The second-order valence-corrected chi connectivity index (χ2v) is 19.6. The number of hydrogen-bond acceptors (Lipinski definition) is 0. The molecule has 4 unspecified atom stereocenters. The lowest BCUT2D eigenvalue weighted by atomic mass is 9.90. The van der Waals surface area contributed by atoms with Crippen molar-refractivity contribution in [1.82, 2.24) is 0 Å². The minimum Gasteiger partial charge on any atom is -0.0971 e. The molecule has 0 spiro atoms. The molecule has 4 atom stereocenters. The molecule has 2 heteroatoms. The van der Waals surface area contributed by atoms with Crippen molar-refractivity contribution in [1.29, 1.82) is 0 Å². The lowest BCUT2D eigenvalue weighted by Crippen LogP contribution is -2.36. The van der Waals surface area contributed by atoms with E-state index < -0.39 is 0 Å². The Kier molecular flexibility index (Phi) is 11.6. The Morgan fingerprint density at radius 1 is 0.353 bits per heavy atom. The molecule has 0 saturated heterocycles. The first-order valence-electron chi connectivity index (χ1n) is 16.1. The first-order valence-corrected chi connectivity index (χ1v) is 19.2. The first-order chi connectivity index (χ1) is 16.6. The van der Waals surface area contributed by atoms with E-state index in [0.717, 1.165) is 45.8 Å². The summed E-state index contributed by atoms with van der Waals surface area (Å²) in [4.78, 5) is 0. The molecular formula is C32H60P2. The molecule has 34 heavy (non-hydrogen) atoms. The van der Waals surface area contributed by atoms with E-state index in [2.05, 4.69) is 27.7 Å². The third-order valence-electron chi connectivity index (χ3n) is 11.3. The van der Waals surface area contributed by atoms with Crippen LogP contribution in [0.25, 0.3) is 0 Å². The van der Waals surface area contributed by atoms with Crippen molar-refractivity contribution < 1.29 is 0 Å². The summed E-state index contributed by atoms with van der Waals surface area (Å²) >= 11 is 0. The van der Waals surface area contributed by atoms with Crippen LogP contribution in [0.5, 0.6) is 0 Å². The van der Waals surface area contributed by atoms with Crippen molar-refractivity contribution in [2.75, 3.05) is 0 Å². The van der Waals surface area contributed by atoms with Gasteiger partial charge in [-0.25, -0.2) is 0 Å². The third-order valence-corrected chi connectivity index (χ3v) is 19.5. The van der Waals surface area contributed by atoms with E-state index in [1.807, 2.05) is 0 Å². The largest absolute Gasteiger partial charge is 0.0971 e. The van der Waals surface area contributed by atoms with Gasteiger partial charge in [-0.2, -0.15) is 0 Å². The predicted octanol–water partition coefficient (Wildman–Crippen LogP) is 11.3. The van der Waals surface area contributed by atoms with E-state index in [4.69, 9.17) is 0 Å². The summed E-state index contributed by atoms with van der Waals surface area (Å²) in [6.45, 7) is 11.0. The summed E-state index contributed by atoms with van der Waals surface area (Å²) in [5, 5.41) is 0. The minimum atomic E-state index is 0.204. The number of rotatable bonds is 9. The quantitative estimate of drug-likeness (QED) is 0.273. The zero-order valence-electron chi connectivity index (χ0n) is 23.7. The summed E-state index contributed by atoms with van der Waals surface area (Å²) in [6.07, 6.45) is 31.1. The second kappa shape index (κ2) is 14.1. The van der Waals surface area contributed by atoms with Gasteiger partial charge in [0.15, 0.2) is 0 Å². The zero-order valence-corrected chi connectivity index (χ0v) is 25.4. The lowest BCUT2D eigenvalue weighted by Gasteiger charge is -2.48. The Labute approximate surface area is 217 Å². The molecule has 0 radical (unpaired) electrons. The highest BCUT2D eigenvalue weighted by Crippen LogP contribution is 2.64. The monoisotopic (exact) mass is 506 g/mol. The van der Waals surface area contributed by atoms with Crippen LogP contribution in [-0.2, 0) is 0 Å². The smallest absolute Gasteiger partial charge is 0.0204 e. The molecule has 4 fully saturated rings. The highest BCUT2D eigenvalue weighted by molar-refractivity contribution is 7.60. The average Bonchev–Trinajstić information content (AvgIpc) is 2.90. The topological polar surface area (TPSA) is 0 Å². The highest BCUT2D eigenvalue weighted by Gasteiger charge is 2.42. The van der Waals surface area contributed by atoms with Crippen molar-refractivity contribution in [2.45, 2.75) is 190 Å². The van der Waals surface area contributed by atoms with Crippen LogP contribution in [0.2, 0.25) is 0 Å². The van der Waals surface area contributed by atoms with Crippen LogP contribution in [0.15, 0.2) is 0 Å². The van der Waals surface area contributed by atoms with E-state index in [1.165, 1.54) is 77.0 Å². The molecule has 198 valence electrons. The van der Waals surface area contributed by atoms with Gasteiger partial charge in [0.25, 0.3) is 0 Å². The van der Waals surface area contributed by atoms with Crippen LogP contribution in [0, 0.1) is 11.8 Å². The molecule has 0 bridgehead atoms. The first kappa shape index (κ1) is 27.9. The van der Waals surface area contributed by atoms with Gasteiger partial charge in [-0.05, 0) is 97.2 Å². The molecular weight excluding hydrogens is 446 g/mol. The SMILES string of the molecule is CC(C(C)C(C)P(C1CCCCC1)C1CCCCC1)C(C)P(C1CCCCC1)C1CCCCC1. The molecule has 0 aromatic rings. The second-order valence-electron chi connectivity index (χ2n) is 13.3. The van der Waals surface area contributed by atoms with E-state index in [-0.39, 0.29) is 15.8 Å². The van der Waals surface area contributed by atoms with Crippen LogP contribution >= 0.6 is 15.8 Å². The molecule has 0 aromatic carbocycles. The fourth-order valence-corrected chi connectivity index (χ4v) is 18.2. The molecule has 0 aliphatic heterocycles. The molecule has 0 aromatic heterocycles. The van der Waals surface area contributed by atoms with Crippen molar-refractivity contribution in [3.8, 4) is 0 Å². The van der Waals surface area contributed by atoms with E-state index in [1.54, 1.807) is 51.4 Å². The fourth-order valence-electron chi connectivity index (χ4n) is 8.86. The third kappa shape index (κ3) is 7.03. The van der Waals surface area contributed by atoms with Gasteiger partial charge in [-0.1, -0.05) is 121 Å². The van der Waals surface area contributed by atoms with Gasteiger partial charge in [0.2, 0.25) is 0 Å². The molecule has 0 N–H and O–H groups in total. The standard InChI is InChI=1S/C32H60P2/c1-25(27(3)33(29-17-9-5-10-18-29)30-19-11-6-12-20-30)26(2)28(4)34(31-21-13-7-14-22-31)32-23-15-8-16-24-32/h25-32H,5-24H2,1-4H3.